The average molecular weight is 370 g/mol. The molecule has 0 aromatic heterocycles. The molecule has 1 aliphatic rings. The second kappa shape index (κ2) is 10.3. The minimum Gasteiger partial charge on any atom is -0.393 e. The SMILES string of the molecule is CNC.N/C(=C\Nc1ccccc1)C(=O)N1CCC(c2ccc(F)cc2)C1. The molecule has 1 saturated heterocycles. The lowest BCUT2D eigenvalue weighted by Gasteiger charge is -2.17. The van der Waals surface area contributed by atoms with Crippen LogP contribution >= 0.6 is 0 Å². The van der Waals surface area contributed by atoms with Crippen molar-refractivity contribution >= 4 is 11.6 Å². The lowest BCUT2D eigenvalue weighted by Crippen LogP contribution is -2.32. The molecule has 0 radical (unpaired) electrons. The Kier molecular flexibility index (Phi) is 7.82. The van der Waals surface area contributed by atoms with E-state index < -0.39 is 0 Å². The molecular weight excluding hydrogens is 343 g/mol. The first kappa shape index (κ1) is 20.5. The molecule has 1 heterocycles. The summed E-state index contributed by atoms with van der Waals surface area (Å²) in [6, 6.07) is 16.0. The summed E-state index contributed by atoms with van der Waals surface area (Å²) in [5.41, 5.74) is 8.01. The molecule has 27 heavy (non-hydrogen) atoms. The van der Waals surface area contributed by atoms with E-state index in [2.05, 4.69) is 10.6 Å². The van der Waals surface area contributed by atoms with Gasteiger partial charge in [0.25, 0.3) is 5.91 Å². The van der Waals surface area contributed by atoms with E-state index in [0.717, 1.165) is 17.7 Å². The summed E-state index contributed by atoms with van der Waals surface area (Å²) in [4.78, 5) is 14.2. The normalized spacial score (nSPS) is 16.5. The highest BCUT2D eigenvalue weighted by atomic mass is 19.1. The number of nitrogens with one attached hydrogen (secondary N) is 2. The Morgan fingerprint density at radius 1 is 1.15 bits per heavy atom. The number of hydrogen-bond acceptors (Lipinski definition) is 4. The van der Waals surface area contributed by atoms with E-state index in [-0.39, 0.29) is 23.3 Å². The highest BCUT2D eigenvalue weighted by molar-refractivity contribution is 5.93. The topological polar surface area (TPSA) is 70.4 Å². The molecule has 3 rings (SSSR count). The molecule has 2 aromatic rings. The van der Waals surface area contributed by atoms with Gasteiger partial charge in [0.15, 0.2) is 0 Å². The van der Waals surface area contributed by atoms with Crippen molar-refractivity contribution in [2.75, 3.05) is 32.5 Å². The van der Waals surface area contributed by atoms with Crippen LogP contribution in [0.4, 0.5) is 10.1 Å². The fourth-order valence-corrected chi connectivity index (χ4v) is 2.89. The molecule has 0 bridgehead atoms. The van der Waals surface area contributed by atoms with Crippen molar-refractivity contribution in [3.63, 3.8) is 0 Å². The van der Waals surface area contributed by atoms with Gasteiger partial charge in [-0.1, -0.05) is 30.3 Å². The number of para-hydroxylation sites is 1. The summed E-state index contributed by atoms with van der Waals surface area (Å²) in [6.07, 6.45) is 2.39. The Labute approximate surface area is 160 Å². The van der Waals surface area contributed by atoms with Gasteiger partial charge >= 0.3 is 0 Å². The summed E-state index contributed by atoms with van der Waals surface area (Å²) in [5, 5.41) is 5.77. The second-order valence-electron chi connectivity index (χ2n) is 6.40. The van der Waals surface area contributed by atoms with Crippen molar-refractivity contribution in [2.24, 2.45) is 5.73 Å². The first-order valence-corrected chi connectivity index (χ1v) is 8.95. The Hall–Kier alpha value is -2.86. The Balaban J connectivity index is 0.000000817. The van der Waals surface area contributed by atoms with Gasteiger partial charge in [-0.15, -0.1) is 0 Å². The van der Waals surface area contributed by atoms with Crippen molar-refractivity contribution in [3.05, 3.63) is 77.9 Å². The van der Waals surface area contributed by atoms with Gasteiger partial charge in [0.1, 0.15) is 11.5 Å². The van der Waals surface area contributed by atoms with Crippen LogP contribution in [0.2, 0.25) is 0 Å². The lowest BCUT2D eigenvalue weighted by molar-refractivity contribution is -0.126. The third-order valence-corrected chi connectivity index (χ3v) is 4.23. The molecule has 1 unspecified atom stereocenters. The molecule has 2 aromatic carbocycles. The molecule has 0 aliphatic carbocycles. The van der Waals surface area contributed by atoms with Crippen molar-refractivity contribution in [3.8, 4) is 0 Å². The van der Waals surface area contributed by atoms with Crippen LogP contribution in [-0.4, -0.2) is 38.0 Å². The number of anilines is 1. The summed E-state index contributed by atoms with van der Waals surface area (Å²) in [5.74, 6) is -0.198. The summed E-state index contributed by atoms with van der Waals surface area (Å²) in [6.45, 7) is 1.26. The standard InChI is InChI=1S/C19H20FN3O.C2H7N/c20-16-8-6-14(7-9-16)15-10-11-23(13-15)19(24)18(21)12-22-17-4-2-1-3-5-17;1-3-2/h1-9,12,15,22H,10-11,13,21H2;3H,1-2H3/b18-12-;. The predicted molar refractivity (Wildman–Crippen MR) is 108 cm³/mol. The zero-order valence-electron chi connectivity index (χ0n) is 15.8. The highest BCUT2D eigenvalue weighted by Crippen LogP contribution is 2.27. The molecule has 144 valence electrons. The molecule has 1 atom stereocenters. The van der Waals surface area contributed by atoms with Crippen LogP contribution in [0.5, 0.6) is 0 Å². The molecule has 0 saturated carbocycles. The monoisotopic (exact) mass is 370 g/mol. The van der Waals surface area contributed by atoms with Crippen molar-refractivity contribution in [1.82, 2.24) is 10.2 Å². The first-order valence-electron chi connectivity index (χ1n) is 8.95. The van der Waals surface area contributed by atoms with Gasteiger partial charge in [0.2, 0.25) is 0 Å². The number of likely N-dealkylation sites (tertiary alicyclic amines) is 1. The fraction of sp³-hybridized carbons (Fsp3) is 0.286. The third kappa shape index (κ3) is 6.11. The van der Waals surface area contributed by atoms with E-state index in [1.807, 2.05) is 44.4 Å². The van der Waals surface area contributed by atoms with Crippen molar-refractivity contribution in [2.45, 2.75) is 12.3 Å². The Morgan fingerprint density at radius 3 is 2.41 bits per heavy atom. The second-order valence-corrected chi connectivity index (χ2v) is 6.40. The van der Waals surface area contributed by atoms with Gasteiger partial charge in [-0.3, -0.25) is 4.79 Å². The average Bonchev–Trinajstić information content (AvgIpc) is 3.17. The Bertz CT molecular complexity index is 747. The van der Waals surface area contributed by atoms with E-state index in [4.69, 9.17) is 5.73 Å². The highest BCUT2D eigenvalue weighted by Gasteiger charge is 2.28. The minimum atomic E-state index is -0.246. The molecular formula is C21H27FN4O. The van der Waals surface area contributed by atoms with Crippen molar-refractivity contribution < 1.29 is 9.18 Å². The molecule has 1 fully saturated rings. The molecule has 1 aliphatic heterocycles. The first-order chi connectivity index (χ1) is 13.0. The number of nitrogens with two attached hydrogens (primary N) is 1. The third-order valence-electron chi connectivity index (χ3n) is 4.23. The van der Waals surface area contributed by atoms with Gasteiger partial charge in [0.05, 0.1) is 0 Å². The number of benzene rings is 2. The lowest BCUT2D eigenvalue weighted by atomic mass is 9.99. The molecule has 4 N–H and O–H groups in total. The zero-order chi connectivity index (χ0) is 19.6. The summed E-state index contributed by atoms with van der Waals surface area (Å²) >= 11 is 0. The minimum absolute atomic E-state index is 0.178. The number of carbonyl (C=O) groups excluding carboxylic acids is 1. The summed E-state index contributed by atoms with van der Waals surface area (Å²) < 4.78 is 13.0. The number of amides is 1. The van der Waals surface area contributed by atoms with Gasteiger partial charge in [-0.05, 0) is 50.3 Å². The zero-order valence-corrected chi connectivity index (χ0v) is 15.8. The number of rotatable bonds is 4. The van der Waals surface area contributed by atoms with E-state index in [1.54, 1.807) is 17.0 Å². The molecule has 1 amide bonds. The molecule has 6 heteroatoms. The maximum absolute atomic E-state index is 13.0. The van der Waals surface area contributed by atoms with Gasteiger partial charge in [-0.2, -0.15) is 0 Å². The van der Waals surface area contributed by atoms with E-state index in [0.29, 0.717) is 13.1 Å². The van der Waals surface area contributed by atoms with Gasteiger partial charge in [0, 0.05) is 30.9 Å². The van der Waals surface area contributed by atoms with Crippen molar-refractivity contribution in [1.29, 1.82) is 0 Å². The fourth-order valence-electron chi connectivity index (χ4n) is 2.89. The van der Waals surface area contributed by atoms with Crippen LogP contribution in [-0.2, 0) is 4.79 Å². The Morgan fingerprint density at radius 2 is 1.78 bits per heavy atom. The number of carbonyl (C=O) groups is 1. The largest absolute Gasteiger partial charge is 0.393 e. The van der Waals surface area contributed by atoms with Gasteiger partial charge in [-0.25, -0.2) is 4.39 Å². The van der Waals surface area contributed by atoms with Crippen LogP contribution in [0.25, 0.3) is 0 Å². The number of nitrogens with zero attached hydrogens (tertiary/aromatic N) is 1. The summed E-state index contributed by atoms with van der Waals surface area (Å²) in [7, 11) is 3.75. The maximum Gasteiger partial charge on any atom is 0.271 e. The van der Waals surface area contributed by atoms with Crippen LogP contribution in [0.1, 0.15) is 17.9 Å². The van der Waals surface area contributed by atoms with Crippen LogP contribution < -0.4 is 16.4 Å². The maximum atomic E-state index is 13.0. The molecule has 0 spiro atoms. The molecule has 5 nitrogen and oxygen atoms in total. The quantitative estimate of drug-likeness (QED) is 0.724. The number of halogens is 1. The van der Waals surface area contributed by atoms with Crippen LogP contribution in [0.15, 0.2) is 66.5 Å². The number of hydrogen-bond donors (Lipinski definition) is 3. The predicted octanol–water partition coefficient (Wildman–Crippen LogP) is 2.89. The van der Waals surface area contributed by atoms with E-state index in [1.165, 1.54) is 18.3 Å². The van der Waals surface area contributed by atoms with E-state index >= 15 is 0 Å². The smallest absolute Gasteiger partial charge is 0.271 e. The van der Waals surface area contributed by atoms with Crippen LogP contribution in [0.3, 0.4) is 0 Å². The van der Waals surface area contributed by atoms with Crippen LogP contribution in [0, 0.1) is 5.82 Å². The van der Waals surface area contributed by atoms with Gasteiger partial charge < -0.3 is 21.3 Å². The van der Waals surface area contributed by atoms with E-state index in [9.17, 15) is 9.18 Å².